The highest BCUT2D eigenvalue weighted by atomic mass is 19.1. The van der Waals surface area contributed by atoms with Gasteiger partial charge in [-0.05, 0) is 118 Å². The van der Waals surface area contributed by atoms with Crippen LogP contribution < -0.4 is 0 Å². The number of rotatable bonds is 1. The van der Waals surface area contributed by atoms with Gasteiger partial charge in [-0.25, -0.2) is 4.39 Å². The van der Waals surface area contributed by atoms with Crippen molar-refractivity contribution in [3.8, 4) is 12.3 Å². The second-order valence-corrected chi connectivity index (χ2v) is 12.1. The minimum Gasteiger partial charge on any atom is -0.393 e. The van der Waals surface area contributed by atoms with E-state index in [0.717, 1.165) is 44.1 Å². The summed E-state index contributed by atoms with van der Waals surface area (Å²) < 4.78 is 14.5. The number of aliphatic hydroxyl groups excluding tert-OH is 1. The summed E-state index contributed by atoms with van der Waals surface area (Å²) in [5.74, 6) is 3.78. The fourth-order valence-corrected chi connectivity index (χ4v) is 6.76. The van der Waals surface area contributed by atoms with Gasteiger partial charge < -0.3 is 5.11 Å². The summed E-state index contributed by atoms with van der Waals surface area (Å²) in [4.78, 5) is 12.0. The Hall–Kier alpha value is -2.18. The van der Waals surface area contributed by atoms with E-state index in [1.54, 1.807) is 13.0 Å². The number of hydrogen-bond donors (Lipinski definition) is 1. The number of carbonyl (C=O) groups excluding carboxylic acids is 1. The second-order valence-electron chi connectivity index (χ2n) is 12.1. The summed E-state index contributed by atoms with van der Waals surface area (Å²) >= 11 is 0. The summed E-state index contributed by atoms with van der Waals surface area (Å²) in [5.41, 5.74) is 5.74. The van der Waals surface area contributed by atoms with Crippen molar-refractivity contribution in [2.24, 2.45) is 22.7 Å². The molecule has 0 aromatic heterocycles. The first-order valence-electron chi connectivity index (χ1n) is 12.8. The van der Waals surface area contributed by atoms with Gasteiger partial charge in [0.05, 0.1) is 6.10 Å². The molecule has 4 aliphatic rings. The summed E-state index contributed by atoms with van der Waals surface area (Å²) in [7, 11) is 0. The van der Waals surface area contributed by atoms with Crippen molar-refractivity contribution in [3.63, 3.8) is 0 Å². The van der Waals surface area contributed by atoms with Gasteiger partial charge in [-0.1, -0.05) is 24.6 Å². The van der Waals surface area contributed by atoms with Gasteiger partial charge in [0.25, 0.3) is 0 Å². The molecule has 0 spiro atoms. The zero-order valence-electron chi connectivity index (χ0n) is 21.4. The van der Waals surface area contributed by atoms with E-state index in [4.69, 9.17) is 6.42 Å². The number of terminal acetylenes is 1. The maximum Gasteiger partial charge on any atom is 0.156 e. The normalized spacial score (nSPS) is 32.5. The molecule has 3 heteroatoms. The molecule has 182 valence electrons. The molecule has 34 heavy (non-hydrogen) atoms. The number of ketones is 1. The lowest BCUT2D eigenvalue weighted by molar-refractivity contribution is -0.114. The Morgan fingerprint density at radius 1 is 1.15 bits per heavy atom. The summed E-state index contributed by atoms with van der Waals surface area (Å²) in [6.07, 6.45) is 12.9. The van der Waals surface area contributed by atoms with Crippen molar-refractivity contribution < 1.29 is 14.3 Å². The van der Waals surface area contributed by atoms with E-state index in [0.29, 0.717) is 23.8 Å². The van der Waals surface area contributed by atoms with Crippen molar-refractivity contribution >= 4 is 5.78 Å². The Labute approximate surface area is 204 Å². The maximum atomic E-state index is 14.5. The van der Waals surface area contributed by atoms with Crippen molar-refractivity contribution in [1.82, 2.24) is 0 Å². The molecule has 1 aromatic carbocycles. The maximum absolute atomic E-state index is 14.5. The Morgan fingerprint density at radius 3 is 2.50 bits per heavy atom. The molecule has 0 heterocycles. The number of aliphatic hydroxyl groups is 1. The zero-order valence-corrected chi connectivity index (χ0v) is 21.4. The first-order valence-corrected chi connectivity index (χ1v) is 12.8. The molecule has 0 aliphatic heterocycles. The zero-order chi connectivity index (χ0) is 24.8. The number of aryl methyl sites for hydroxylation is 1. The average Bonchev–Trinajstić information content (AvgIpc) is 3.09. The molecule has 0 radical (unpaired) electrons. The molecule has 5 atom stereocenters. The van der Waals surface area contributed by atoms with E-state index in [-0.39, 0.29) is 34.5 Å². The monoisotopic (exact) mass is 462 g/mol. The Balaban J connectivity index is 0.000000408. The highest BCUT2D eigenvalue weighted by molar-refractivity contribution is 5.93. The Morgan fingerprint density at radius 2 is 1.85 bits per heavy atom. The van der Waals surface area contributed by atoms with Crippen LogP contribution in [-0.4, -0.2) is 17.0 Å². The van der Waals surface area contributed by atoms with Crippen LogP contribution in [0.1, 0.15) is 89.7 Å². The molecule has 5 rings (SSSR count). The molecule has 2 saturated carbocycles. The van der Waals surface area contributed by atoms with Gasteiger partial charge in [-0.15, -0.1) is 12.3 Å². The molecule has 0 saturated heterocycles. The molecular formula is C31H39FO2. The highest BCUT2D eigenvalue weighted by Gasteiger charge is 2.56. The second kappa shape index (κ2) is 9.12. The van der Waals surface area contributed by atoms with Crippen molar-refractivity contribution in [2.75, 3.05) is 0 Å². The predicted octanol–water partition coefficient (Wildman–Crippen LogP) is 7.06. The molecule has 4 aliphatic carbocycles. The van der Waals surface area contributed by atoms with E-state index < -0.39 is 0 Å². The van der Waals surface area contributed by atoms with Gasteiger partial charge in [0.2, 0.25) is 0 Å². The van der Waals surface area contributed by atoms with Gasteiger partial charge in [-0.3, -0.25) is 4.79 Å². The Kier molecular flexibility index (Phi) is 6.69. The molecule has 0 amide bonds. The van der Waals surface area contributed by atoms with Crippen LogP contribution in [0.15, 0.2) is 41.0 Å². The minimum atomic E-state index is -0.272. The molecule has 2 fully saturated rings. The van der Waals surface area contributed by atoms with Crippen LogP contribution in [0.4, 0.5) is 4.39 Å². The highest BCUT2D eigenvalue weighted by Crippen LogP contribution is 2.63. The fourth-order valence-electron chi connectivity index (χ4n) is 6.76. The first-order chi connectivity index (χ1) is 15.9. The predicted molar refractivity (Wildman–Crippen MR) is 136 cm³/mol. The molecule has 5 unspecified atom stereocenters. The number of allylic oxidation sites excluding steroid dienone is 4. The number of fused-ring (bicyclic) bond motifs is 4. The first kappa shape index (κ1) is 24.9. The van der Waals surface area contributed by atoms with E-state index in [1.165, 1.54) is 16.7 Å². The standard InChI is InChI=1S/C25H29FO2.C6H10/c1-14-3-4-16(12-22(14)26)20-13-25(2)21(9-10-23(25)28)19-7-5-15-11-17(27)6-8-18(15)24(19)20;1-5-6(2,3)4/h3-4,11-12,19-21,23,28H,5-10,13H2,1-2H3;1H,2-4H3. The lowest BCUT2D eigenvalue weighted by Crippen LogP contribution is -2.45. The van der Waals surface area contributed by atoms with Crippen LogP contribution in [0.5, 0.6) is 0 Å². The van der Waals surface area contributed by atoms with Crippen LogP contribution in [0.25, 0.3) is 0 Å². The van der Waals surface area contributed by atoms with Crippen molar-refractivity contribution in [3.05, 3.63) is 57.9 Å². The fraction of sp³-hybridized carbons (Fsp3) is 0.581. The van der Waals surface area contributed by atoms with Crippen molar-refractivity contribution in [1.29, 1.82) is 0 Å². The lowest BCUT2D eigenvalue weighted by Gasteiger charge is -2.52. The van der Waals surface area contributed by atoms with Crippen LogP contribution >= 0.6 is 0 Å². The third-order valence-electron chi connectivity index (χ3n) is 8.71. The molecule has 2 nitrogen and oxygen atoms in total. The van der Waals surface area contributed by atoms with Gasteiger partial charge in [0.15, 0.2) is 5.78 Å². The SMILES string of the molecule is C#CC(C)(C)C.Cc1ccc(C2CC3(C)C(O)CCC3C3CCC4=CC(=O)CCC4=C23)cc1F. The lowest BCUT2D eigenvalue weighted by atomic mass is 9.53. The summed E-state index contributed by atoms with van der Waals surface area (Å²) in [6, 6.07) is 5.67. The van der Waals surface area contributed by atoms with Gasteiger partial charge in [-0.2, -0.15) is 0 Å². The molecule has 1 aromatic rings. The van der Waals surface area contributed by atoms with Crippen LogP contribution in [0.3, 0.4) is 0 Å². The number of carbonyl (C=O) groups is 1. The molecule has 0 bridgehead atoms. The van der Waals surface area contributed by atoms with Gasteiger partial charge in [0.1, 0.15) is 5.82 Å². The third kappa shape index (κ3) is 4.55. The van der Waals surface area contributed by atoms with Crippen LogP contribution in [-0.2, 0) is 4.79 Å². The largest absolute Gasteiger partial charge is 0.393 e. The number of halogens is 1. The summed E-state index contributed by atoms with van der Waals surface area (Å²) in [6.45, 7) is 10.1. The van der Waals surface area contributed by atoms with E-state index in [1.807, 2.05) is 32.9 Å². The number of hydrogen-bond acceptors (Lipinski definition) is 2. The van der Waals surface area contributed by atoms with Crippen LogP contribution in [0.2, 0.25) is 0 Å². The van der Waals surface area contributed by atoms with E-state index >= 15 is 0 Å². The van der Waals surface area contributed by atoms with Crippen molar-refractivity contribution in [2.45, 2.75) is 91.6 Å². The summed E-state index contributed by atoms with van der Waals surface area (Å²) in [5, 5.41) is 10.9. The van der Waals surface area contributed by atoms with Crippen LogP contribution in [0, 0.1) is 47.8 Å². The topological polar surface area (TPSA) is 37.3 Å². The van der Waals surface area contributed by atoms with E-state index in [9.17, 15) is 14.3 Å². The third-order valence-corrected chi connectivity index (χ3v) is 8.71. The Bertz CT molecular complexity index is 1080. The quantitative estimate of drug-likeness (QED) is 0.454. The van der Waals surface area contributed by atoms with Gasteiger partial charge in [0, 0.05) is 17.8 Å². The smallest absolute Gasteiger partial charge is 0.156 e. The minimum absolute atomic E-state index is 0.0694. The molecular weight excluding hydrogens is 423 g/mol. The van der Waals surface area contributed by atoms with Gasteiger partial charge >= 0.3 is 0 Å². The molecule has 1 N–H and O–H groups in total. The average molecular weight is 463 g/mol. The van der Waals surface area contributed by atoms with E-state index in [2.05, 4.69) is 18.9 Å². The number of benzene rings is 1.